The summed E-state index contributed by atoms with van der Waals surface area (Å²) in [5, 5.41) is 1.22. The highest BCUT2D eigenvalue weighted by atomic mass is 16.2. The summed E-state index contributed by atoms with van der Waals surface area (Å²) in [4.78, 5) is 28.9. The summed E-state index contributed by atoms with van der Waals surface area (Å²) in [5.41, 5.74) is 1.19. The van der Waals surface area contributed by atoms with E-state index in [1.165, 1.54) is 23.7 Å². The topological polar surface area (TPSA) is 45.6 Å². The molecule has 1 atom stereocenters. The van der Waals surface area contributed by atoms with E-state index in [1.54, 1.807) is 4.90 Å². The van der Waals surface area contributed by atoms with Gasteiger partial charge in [-0.1, -0.05) is 31.0 Å². The molecule has 5 heteroatoms. The third-order valence-electron chi connectivity index (χ3n) is 6.01. The fourth-order valence-electron chi connectivity index (χ4n) is 4.48. The maximum absolute atomic E-state index is 12.8. The summed E-state index contributed by atoms with van der Waals surface area (Å²) < 4.78 is 2.18. The molecule has 0 spiro atoms. The molecule has 4 rings (SSSR count). The van der Waals surface area contributed by atoms with Gasteiger partial charge in [-0.05, 0) is 30.4 Å². The van der Waals surface area contributed by atoms with Crippen molar-refractivity contribution in [2.45, 2.75) is 44.7 Å². The lowest BCUT2D eigenvalue weighted by molar-refractivity contribution is -0.134. The number of nitrogens with zero attached hydrogens (tertiary/aromatic N) is 3. The van der Waals surface area contributed by atoms with Gasteiger partial charge in [-0.25, -0.2) is 0 Å². The second-order valence-corrected chi connectivity index (χ2v) is 7.71. The van der Waals surface area contributed by atoms with Crippen molar-refractivity contribution in [2.24, 2.45) is 5.92 Å². The number of hydrogen-bond acceptors (Lipinski definition) is 2. The van der Waals surface area contributed by atoms with Crippen LogP contribution in [0.3, 0.4) is 0 Å². The Balaban J connectivity index is 1.35. The molecule has 1 aromatic heterocycles. The molecule has 138 valence electrons. The van der Waals surface area contributed by atoms with E-state index in [4.69, 9.17) is 0 Å². The highest BCUT2D eigenvalue weighted by Gasteiger charge is 2.39. The summed E-state index contributed by atoms with van der Waals surface area (Å²) in [6.07, 6.45) is 7.07. The van der Waals surface area contributed by atoms with Gasteiger partial charge in [0.2, 0.25) is 11.8 Å². The predicted octanol–water partition coefficient (Wildman–Crippen LogP) is 2.89. The Hall–Kier alpha value is -2.30. The van der Waals surface area contributed by atoms with Crippen LogP contribution >= 0.6 is 0 Å². The van der Waals surface area contributed by atoms with Crippen molar-refractivity contribution in [1.82, 2.24) is 14.4 Å². The lowest BCUT2D eigenvalue weighted by Crippen LogP contribution is -2.38. The number of carbonyl (C=O) groups excluding carboxylic acids is 2. The molecule has 2 heterocycles. The van der Waals surface area contributed by atoms with Gasteiger partial charge >= 0.3 is 0 Å². The van der Waals surface area contributed by atoms with Gasteiger partial charge in [0.1, 0.15) is 0 Å². The van der Waals surface area contributed by atoms with Crippen LogP contribution in [0.25, 0.3) is 10.9 Å². The van der Waals surface area contributed by atoms with Crippen molar-refractivity contribution >= 4 is 22.7 Å². The fourth-order valence-corrected chi connectivity index (χ4v) is 4.48. The number of benzene rings is 1. The Labute approximate surface area is 154 Å². The number of fused-ring (bicyclic) bond motifs is 1. The number of para-hydroxylation sites is 1. The fraction of sp³-hybridized carbons (Fsp3) is 0.524. The second kappa shape index (κ2) is 7.14. The molecule has 2 aliphatic rings. The van der Waals surface area contributed by atoms with Gasteiger partial charge in [-0.3, -0.25) is 9.59 Å². The molecule has 2 fully saturated rings. The van der Waals surface area contributed by atoms with Gasteiger partial charge in [0.15, 0.2) is 0 Å². The van der Waals surface area contributed by atoms with E-state index in [1.807, 2.05) is 24.1 Å². The highest BCUT2D eigenvalue weighted by molar-refractivity contribution is 5.89. The Kier molecular flexibility index (Phi) is 4.70. The predicted molar refractivity (Wildman–Crippen MR) is 102 cm³/mol. The molecule has 2 amide bonds. The minimum atomic E-state index is -0.172. The van der Waals surface area contributed by atoms with E-state index in [9.17, 15) is 9.59 Å². The molecule has 1 aliphatic carbocycles. The summed E-state index contributed by atoms with van der Waals surface area (Å²) in [6, 6.07) is 10.8. The van der Waals surface area contributed by atoms with E-state index < -0.39 is 0 Å². The summed E-state index contributed by atoms with van der Waals surface area (Å²) >= 11 is 0. The smallest absolute Gasteiger partial charge is 0.227 e. The first kappa shape index (κ1) is 17.1. The van der Waals surface area contributed by atoms with Gasteiger partial charge in [-0.2, -0.15) is 0 Å². The first-order chi connectivity index (χ1) is 12.6. The molecule has 1 saturated carbocycles. The van der Waals surface area contributed by atoms with Crippen LogP contribution in [-0.4, -0.2) is 52.4 Å². The third kappa shape index (κ3) is 3.22. The minimum Gasteiger partial charge on any atom is -0.346 e. The van der Waals surface area contributed by atoms with Crippen molar-refractivity contribution in [1.29, 1.82) is 0 Å². The second-order valence-electron chi connectivity index (χ2n) is 7.71. The van der Waals surface area contributed by atoms with Crippen molar-refractivity contribution < 1.29 is 9.59 Å². The van der Waals surface area contributed by atoms with E-state index >= 15 is 0 Å². The van der Waals surface area contributed by atoms with Crippen molar-refractivity contribution in [3.63, 3.8) is 0 Å². The third-order valence-corrected chi connectivity index (χ3v) is 6.01. The lowest BCUT2D eigenvalue weighted by atomic mass is 10.1. The van der Waals surface area contributed by atoms with Gasteiger partial charge in [0.05, 0.1) is 5.92 Å². The minimum absolute atomic E-state index is 0.107. The average molecular weight is 353 g/mol. The molecular weight excluding hydrogens is 326 g/mol. The van der Waals surface area contributed by atoms with E-state index in [-0.39, 0.29) is 17.7 Å². The van der Waals surface area contributed by atoms with Crippen LogP contribution < -0.4 is 0 Å². The molecule has 5 nitrogen and oxygen atoms in total. The molecule has 1 aromatic carbocycles. The molecule has 0 bridgehead atoms. The zero-order valence-corrected chi connectivity index (χ0v) is 15.4. The number of aromatic nitrogens is 1. The van der Waals surface area contributed by atoms with Gasteiger partial charge < -0.3 is 14.4 Å². The van der Waals surface area contributed by atoms with Crippen molar-refractivity contribution in [3.8, 4) is 0 Å². The maximum Gasteiger partial charge on any atom is 0.227 e. The zero-order chi connectivity index (χ0) is 18.1. The number of likely N-dealkylation sites (tertiary alicyclic amines) is 1. The van der Waals surface area contributed by atoms with Gasteiger partial charge in [0.25, 0.3) is 0 Å². The van der Waals surface area contributed by atoms with Crippen molar-refractivity contribution in [3.05, 3.63) is 36.5 Å². The number of amides is 2. The first-order valence-corrected chi connectivity index (χ1v) is 9.72. The average Bonchev–Trinajstić information content (AvgIpc) is 3.38. The molecule has 1 saturated heterocycles. The summed E-state index contributed by atoms with van der Waals surface area (Å²) in [6.45, 7) is 2.04. The van der Waals surface area contributed by atoms with Crippen LogP contribution in [0.2, 0.25) is 0 Å². The van der Waals surface area contributed by atoms with Crippen LogP contribution in [0, 0.1) is 5.92 Å². The molecular formula is C21H27N3O2. The number of hydrogen-bond donors (Lipinski definition) is 0. The Bertz CT molecular complexity index is 806. The van der Waals surface area contributed by atoms with E-state index in [2.05, 4.69) is 29.0 Å². The van der Waals surface area contributed by atoms with E-state index in [0.29, 0.717) is 25.6 Å². The lowest BCUT2D eigenvalue weighted by Gasteiger charge is -2.25. The number of likely N-dealkylation sites (N-methyl/N-ethyl adjacent to an activating group) is 1. The van der Waals surface area contributed by atoms with E-state index in [0.717, 1.165) is 19.4 Å². The number of carbonyl (C=O) groups is 2. The quantitative estimate of drug-likeness (QED) is 0.830. The zero-order valence-electron chi connectivity index (χ0n) is 15.4. The first-order valence-electron chi connectivity index (χ1n) is 9.72. The standard InChI is InChI=1S/C21H27N3O2/c1-22(12-13-23-11-10-16-6-2-5-9-19(16)23)21(26)17-14-20(25)24(15-17)18-7-3-4-8-18/h2,5-6,9-11,17-18H,3-4,7-8,12-15H2,1H3/t17-/m1/s1. The molecule has 0 radical (unpaired) electrons. The van der Waals surface area contributed by atoms with Crippen molar-refractivity contribution in [2.75, 3.05) is 20.1 Å². The molecule has 1 aliphatic heterocycles. The van der Waals surface area contributed by atoms with Crippen LogP contribution in [0.15, 0.2) is 36.5 Å². The van der Waals surface area contributed by atoms with Crippen LogP contribution in [0.1, 0.15) is 32.1 Å². The molecule has 26 heavy (non-hydrogen) atoms. The van der Waals surface area contributed by atoms with Gasteiger partial charge in [-0.15, -0.1) is 0 Å². The summed E-state index contributed by atoms with van der Waals surface area (Å²) in [5.74, 6) is 0.102. The maximum atomic E-state index is 12.8. The molecule has 0 N–H and O–H groups in total. The van der Waals surface area contributed by atoms with Crippen LogP contribution in [0.4, 0.5) is 0 Å². The Morgan fingerprint density at radius 3 is 2.77 bits per heavy atom. The highest BCUT2D eigenvalue weighted by Crippen LogP contribution is 2.30. The van der Waals surface area contributed by atoms with Gasteiger partial charge in [0, 0.05) is 50.9 Å². The van der Waals surface area contributed by atoms with Crippen LogP contribution in [-0.2, 0) is 16.1 Å². The monoisotopic (exact) mass is 353 g/mol. The SMILES string of the molecule is CN(CCn1ccc2ccccc21)C(=O)[C@@H]1CC(=O)N(C2CCCC2)C1. The normalized spacial score (nSPS) is 21.0. The molecule has 2 aromatic rings. The largest absolute Gasteiger partial charge is 0.346 e. The Morgan fingerprint density at radius 2 is 1.96 bits per heavy atom. The Morgan fingerprint density at radius 1 is 1.19 bits per heavy atom. The molecule has 0 unspecified atom stereocenters. The summed E-state index contributed by atoms with van der Waals surface area (Å²) in [7, 11) is 1.86. The van der Waals surface area contributed by atoms with Crippen LogP contribution in [0.5, 0.6) is 0 Å². The number of rotatable bonds is 5.